The number of aromatic nitrogens is 3. The number of ether oxygens (including phenoxy) is 1. The van der Waals surface area contributed by atoms with Crippen LogP contribution in [0.3, 0.4) is 0 Å². The summed E-state index contributed by atoms with van der Waals surface area (Å²) in [5.74, 6) is 1.17. The Morgan fingerprint density at radius 2 is 2.10 bits per heavy atom. The predicted molar refractivity (Wildman–Crippen MR) is 75.7 cm³/mol. The van der Waals surface area contributed by atoms with Crippen LogP contribution in [0.4, 0.5) is 0 Å². The van der Waals surface area contributed by atoms with Gasteiger partial charge < -0.3 is 9.84 Å². The topological polar surface area (TPSA) is 60.2 Å². The summed E-state index contributed by atoms with van der Waals surface area (Å²) in [6.45, 7) is 1.74. The fourth-order valence-electron chi connectivity index (χ4n) is 2.21. The summed E-state index contributed by atoms with van der Waals surface area (Å²) in [6, 6.07) is 9.76. The number of hydrogen-bond donors (Lipinski definition) is 1. The van der Waals surface area contributed by atoms with Gasteiger partial charge in [-0.15, -0.1) is 0 Å². The molecule has 0 aliphatic carbocycles. The molecule has 102 valence electrons. The number of pyridine rings is 1. The molecular weight excluding hydrogens is 254 g/mol. The Morgan fingerprint density at radius 1 is 1.30 bits per heavy atom. The summed E-state index contributed by atoms with van der Waals surface area (Å²) in [5, 5.41) is 14.7. The van der Waals surface area contributed by atoms with Crippen molar-refractivity contribution in [3.05, 3.63) is 47.8 Å². The van der Waals surface area contributed by atoms with Crippen LogP contribution in [0.5, 0.6) is 11.6 Å². The molecule has 0 spiro atoms. The molecule has 0 aliphatic heterocycles. The lowest BCUT2D eigenvalue weighted by Crippen LogP contribution is -1.97. The summed E-state index contributed by atoms with van der Waals surface area (Å²) < 4.78 is 7.46. The van der Waals surface area contributed by atoms with Crippen molar-refractivity contribution >= 4 is 10.9 Å². The van der Waals surface area contributed by atoms with Crippen molar-refractivity contribution < 1.29 is 9.84 Å². The Balaban J connectivity index is 2.01. The smallest absolute Gasteiger partial charge is 0.223 e. The van der Waals surface area contributed by atoms with Crippen LogP contribution in [0.15, 0.2) is 36.5 Å². The maximum absolute atomic E-state index is 9.41. The molecule has 0 saturated heterocycles. The number of aliphatic hydroxyl groups is 1. The zero-order chi connectivity index (χ0) is 14.1. The fraction of sp³-hybridized carbons (Fsp3) is 0.200. The van der Waals surface area contributed by atoms with Crippen molar-refractivity contribution in [3.8, 4) is 11.6 Å². The van der Waals surface area contributed by atoms with E-state index in [-0.39, 0.29) is 6.61 Å². The lowest BCUT2D eigenvalue weighted by molar-refractivity contribution is 0.274. The van der Waals surface area contributed by atoms with Gasteiger partial charge in [-0.2, -0.15) is 5.10 Å². The van der Waals surface area contributed by atoms with Crippen LogP contribution in [0.25, 0.3) is 10.9 Å². The van der Waals surface area contributed by atoms with Crippen LogP contribution in [0.1, 0.15) is 11.3 Å². The molecule has 0 bridgehead atoms. The maximum Gasteiger partial charge on any atom is 0.223 e. The Bertz CT molecular complexity index is 765. The second kappa shape index (κ2) is 4.94. The highest BCUT2D eigenvalue weighted by atomic mass is 16.5. The lowest BCUT2D eigenvalue weighted by Gasteiger charge is -2.08. The molecule has 3 rings (SSSR count). The third-order valence-electron chi connectivity index (χ3n) is 3.23. The molecule has 2 heterocycles. The molecule has 0 amide bonds. The van der Waals surface area contributed by atoms with Crippen molar-refractivity contribution in [1.29, 1.82) is 0 Å². The van der Waals surface area contributed by atoms with Crippen LogP contribution >= 0.6 is 0 Å². The van der Waals surface area contributed by atoms with Gasteiger partial charge in [-0.25, -0.2) is 4.68 Å². The molecule has 0 unspecified atom stereocenters. The highest BCUT2D eigenvalue weighted by Crippen LogP contribution is 2.28. The first-order chi connectivity index (χ1) is 9.69. The van der Waals surface area contributed by atoms with Gasteiger partial charge >= 0.3 is 0 Å². The second-order valence-electron chi connectivity index (χ2n) is 4.62. The molecule has 0 atom stereocenters. The first-order valence-corrected chi connectivity index (χ1v) is 6.35. The first kappa shape index (κ1) is 12.6. The minimum atomic E-state index is -0.101. The van der Waals surface area contributed by atoms with E-state index >= 15 is 0 Å². The lowest BCUT2D eigenvalue weighted by atomic mass is 10.2. The average Bonchev–Trinajstić information content (AvgIpc) is 2.72. The van der Waals surface area contributed by atoms with Gasteiger partial charge in [0.2, 0.25) is 5.88 Å². The van der Waals surface area contributed by atoms with Crippen LogP contribution < -0.4 is 4.74 Å². The number of aryl methyl sites for hydroxylation is 2. The molecular formula is C15H15N3O2. The van der Waals surface area contributed by atoms with Gasteiger partial charge in [0.05, 0.1) is 29.6 Å². The Labute approximate surface area is 116 Å². The molecule has 3 aromatic rings. The summed E-state index contributed by atoms with van der Waals surface area (Å²) in [6.07, 6.45) is 1.67. The number of aliphatic hydroxyl groups excluding tert-OH is 1. The zero-order valence-electron chi connectivity index (χ0n) is 11.4. The van der Waals surface area contributed by atoms with E-state index in [4.69, 9.17) is 4.74 Å². The Morgan fingerprint density at radius 3 is 2.90 bits per heavy atom. The van der Waals surface area contributed by atoms with Crippen molar-refractivity contribution in [2.45, 2.75) is 13.5 Å². The second-order valence-corrected chi connectivity index (χ2v) is 4.62. The summed E-state index contributed by atoms with van der Waals surface area (Å²) >= 11 is 0. The SMILES string of the molecule is Cc1nn(C)c(Oc2cnc3ccccc3c2)c1CO. The molecule has 1 aromatic carbocycles. The van der Waals surface area contributed by atoms with Crippen molar-refractivity contribution in [3.63, 3.8) is 0 Å². The predicted octanol–water partition coefficient (Wildman–Crippen LogP) is 2.56. The van der Waals surface area contributed by atoms with Gasteiger partial charge in [0.25, 0.3) is 0 Å². The molecule has 2 aromatic heterocycles. The highest BCUT2D eigenvalue weighted by molar-refractivity contribution is 5.79. The van der Waals surface area contributed by atoms with E-state index < -0.39 is 0 Å². The first-order valence-electron chi connectivity index (χ1n) is 6.35. The summed E-state index contributed by atoms with van der Waals surface area (Å²) in [7, 11) is 1.79. The van der Waals surface area contributed by atoms with E-state index in [1.54, 1.807) is 17.9 Å². The minimum absolute atomic E-state index is 0.101. The van der Waals surface area contributed by atoms with Gasteiger partial charge in [-0.3, -0.25) is 4.98 Å². The van der Waals surface area contributed by atoms with E-state index in [1.807, 2.05) is 37.3 Å². The van der Waals surface area contributed by atoms with E-state index in [0.29, 0.717) is 17.2 Å². The number of hydrogen-bond acceptors (Lipinski definition) is 4. The van der Waals surface area contributed by atoms with Crippen molar-refractivity contribution in [2.75, 3.05) is 0 Å². The molecule has 5 heteroatoms. The molecule has 0 saturated carbocycles. The normalized spacial score (nSPS) is 10.9. The monoisotopic (exact) mass is 269 g/mol. The van der Waals surface area contributed by atoms with Crippen molar-refractivity contribution in [2.24, 2.45) is 7.05 Å². The third kappa shape index (κ3) is 2.12. The number of nitrogens with zero attached hydrogens (tertiary/aromatic N) is 3. The number of benzene rings is 1. The molecule has 1 N–H and O–H groups in total. The minimum Gasteiger partial charge on any atom is -0.437 e. The zero-order valence-corrected chi connectivity index (χ0v) is 11.4. The number of rotatable bonds is 3. The molecule has 5 nitrogen and oxygen atoms in total. The van der Waals surface area contributed by atoms with Gasteiger partial charge in [-0.05, 0) is 19.1 Å². The van der Waals surface area contributed by atoms with Gasteiger partial charge in [0, 0.05) is 12.4 Å². The molecule has 0 aliphatic rings. The van der Waals surface area contributed by atoms with E-state index in [1.165, 1.54) is 0 Å². The quantitative estimate of drug-likeness (QED) is 0.793. The summed E-state index contributed by atoms with van der Waals surface area (Å²) in [5.41, 5.74) is 2.38. The van der Waals surface area contributed by atoms with E-state index in [2.05, 4.69) is 10.1 Å². The summed E-state index contributed by atoms with van der Waals surface area (Å²) in [4.78, 5) is 4.35. The number of para-hydroxylation sites is 1. The van der Waals surface area contributed by atoms with Crippen molar-refractivity contribution in [1.82, 2.24) is 14.8 Å². The van der Waals surface area contributed by atoms with Crippen LogP contribution in [-0.4, -0.2) is 19.9 Å². The number of fused-ring (bicyclic) bond motifs is 1. The van der Waals surface area contributed by atoms with E-state index in [9.17, 15) is 5.11 Å². The fourth-order valence-corrected chi connectivity index (χ4v) is 2.21. The molecule has 0 fully saturated rings. The van der Waals surface area contributed by atoms with Crippen LogP contribution in [0, 0.1) is 6.92 Å². The standard InChI is InChI=1S/C15H15N3O2/c1-10-13(9-19)15(18(2)17-10)20-12-7-11-5-3-4-6-14(11)16-8-12/h3-8,19H,9H2,1-2H3. The van der Waals surface area contributed by atoms with Gasteiger partial charge in [-0.1, -0.05) is 18.2 Å². The van der Waals surface area contributed by atoms with Gasteiger partial charge in [0.1, 0.15) is 5.75 Å². The Kier molecular flexibility index (Phi) is 3.12. The largest absolute Gasteiger partial charge is 0.437 e. The Hall–Kier alpha value is -2.40. The van der Waals surface area contributed by atoms with Crippen LogP contribution in [0.2, 0.25) is 0 Å². The van der Waals surface area contributed by atoms with Crippen LogP contribution in [-0.2, 0) is 13.7 Å². The third-order valence-corrected chi connectivity index (χ3v) is 3.23. The average molecular weight is 269 g/mol. The molecule has 20 heavy (non-hydrogen) atoms. The van der Waals surface area contributed by atoms with Gasteiger partial charge in [0.15, 0.2) is 0 Å². The highest BCUT2D eigenvalue weighted by Gasteiger charge is 2.14. The molecule has 0 radical (unpaired) electrons. The van der Waals surface area contributed by atoms with E-state index in [0.717, 1.165) is 16.6 Å². The maximum atomic E-state index is 9.41.